The lowest BCUT2D eigenvalue weighted by molar-refractivity contribution is -0.137. The van der Waals surface area contributed by atoms with E-state index in [2.05, 4.69) is 6.07 Å². The number of piperidine rings is 2. The highest BCUT2D eigenvalue weighted by atomic mass is 16.2. The fourth-order valence-electron chi connectivity index (χ4n) is 5.12. The van der Waals surface area contributed by atoms with Gasteiger partial charge in [0.2, 0.25) is 5.91 Å². The minimum Gasteiger partial charge on any atom is -0.342 e. The molecule has 1 aromatic heterocycles. The van der Waals surface area contributed by atoms with Gasteiger partial charge in [-0.25, -0.2) is 4.68 Å². The number of aryl methyl sites for hydroxylation is 1. The van der Waals surface area contributed by atoms with Crippen molar-refractivity contribution in [1.29, 1.82) is 0 Å². The molecule has 2 amide bonds. The van der Waals surface area contributed by atoms with Crippen molar-refractivity contribution in [2.45, 2.75) is 39.0 Å². The summed E-state index contributed by atoms with van der Waals surface area (Å²) in [6.45, 7) is 5.02. The summed E-state index contributed by atoms with van der Waals surface area (Å²) < 4.78 is 1.79. The number of carbonyl (C=O) groups excluding carboxylic acids is 2. The maximum absolute atomic E-state index is 13.7. The van der Waals surface area contributed by atoms with Gasteiger partial charge in [-0.3, -0.25) is 9.59 Å². The van der Waals surface area contributed by atoms with Crippen molar-refractivity contribution in [3.05, 3.63) is 71.9 Å². The molecule has 6 heteroatoms. The number of nitrogens with zero attached hydrogens (tertiary/aromatic N) is 4. The van der Waals surface area contributed by atoms with Crippen molar-refractivity contribution in [2.24, 2.45) is 5.92 Å². The highest BCUT2D eigenvalue weighted by Crippen LogP contribution is 2.28. The SMILES string of the molecule is Cc1cccc(-c2nn(-c3ccccc3)cc2C(=O)N2CCC(C(=O)N3CCCCC3)CC2)c1. The third-order valence-electron chi connectivity index (χ3n) is 7.06. The average Bonchev–Trinajstić information content (AvgIpc) is 3.35. The largest absolute Gasteiger partial charge is 0.342 e. The van der Waals surface area contributed by atoms with Crippen LogP contribution < -0.4 is 0 Å². The Morgan fingerprint density at radius 1 is 0.853 bits per heavy atom. The van der Waals surface area contributed by atoms with Gasteiger partial charge in [-0.15, -0.1) is 0 Å². The third kappa shape index (κ3) is 4.63. The molecule has 0 bridgehead atoms. The van der Waals surface area contributed by atoms with E-state index >= 15 is 0 Å². The molecule has 2 aromatic carbocycles. The Kier molecular flexibility index (Phi) is 6.48. The van der Waals surface area contributed by atoms with Gasteiger partial charge in [-0.2, -0.15) is 5.10 Å². The normalized spacial score (nSPS) is 17.1. The molecule has 0 unspecified atom stereocenters. The van der Waals surface area contributed by atoms with E-state index in [0.717, 1.165) is 55.6 Å². The molecule has 2 aliphatic rings. The minimum absolute atomic E-state index is 0.0115. The number of benzene rings is 2. The van der Waals surface area contributed by atoms with Gasteiger partial charge in [0.1, 0.15) is 5.69 Å². The Bertz CT molecular complexity index is 1160. The molecule has 3 aromatic rings. The van der Waals surface area contributed by atoms with Gasteiger partial charge in [-0.05, 0) is 57.2 Å². The van der Waals surface area contributed by atoms with Crippen molar-refractivity contribution in [1.82, 2.24) is 19.6 Å². The van der Waals surface area contributed by atoms with Crippen LogP contribution in [0.5, 0.6) is 0 Å². The van der Waals surface area contributed by atoms with E-state index in [0.29, 0.717) is 24.3 Å². The molecule has 2 aliphatic heterocycles. The van der Waals surface area contributed by atoms with Crippen molar-refractivity contribution in [2.75, 3.05) is 26.2 Å². The summed E-state index contributed by atoms with van der Waals surface area (Å²) in [6, 6.07) is 18.0. The summed E-state index contributed by atoms with van der Waals surface area (Å²) in [6.07, 6.45) is 6.74. The first-order chi connectivity index (χ1) is 16.6. The third-order valence-corrected chi connectivity index (χ3v) is 7.06. The van der Waals surface area contributed by atoms with E-state index in [9.17, 15) is 9.59 Å². The molecule has 0 radical (unpaired) electrons. The zero-order valence-electron chi connectivity index (χ0n) is 19.8. The second kappa shape index (κ2) is 9.84. The zero-order valence-corrected chi connectivity index (χ0v) is 19.8. The number of carbonyl (C=O) groups is 2. The maximum atomic E-state index is 13.7. The van der Waals surface area contributed by atoms with E-state index in [1.54, 1.807) is 4.68 Å². The Hall–Kier alpha value is -3.41. The Morgan fingerprint density at radius 2 is 1.59 bits per heavy atom. The monoisotopic (exact) mass is 456 g/mol. The number of likely N-dealkylation sites (tertiary alicyclic amines) is 2. The van der Waals surface area contributed by atoms with Gasteiger partial charge < -0.3 is 9.80 Å². The van der Waals surface area contributed by atoms with E-state index in [1.807, 2.05) is 71.5 Å². The molecule has 6 nitrogen and oxygen atoms in total. The van der Waals surface area contributed by atoms with Crippen LogP contribution in [0.15, 0.2) is 60.8 Å². The fourth-order valence-corrected chi connectivity index (χ4v) is 5.12. The van der Waals surface area contributed by atoms with E-state index in [-0.39, 0.29) is 17.7 Å². The molecule has 3 heterocycles. The summed E-state index contributed by atoms with van der Waals surface area (Å²) in [5.41, 5.74) is 4.29. The highest BCUT2D eigenvalue weighted by molar-refractivity contribution is 6.00. The number of amides is 2. The average molecular weight is 457 g/mol. The standard InChI is InChI=1S/C28H32N4O2/c1-21-9-8-10-23(19-21)26-25(20-32(29-26)24-11-4-2-5-12-24)28(34)31-17-13-22(14-18-31)27(33)30-15-6-3-7-16-30/h2,4-5,8-12,19-20,22H,3,6-7,13-18H2,1H3. The van der Waals surface area contributed by atoms with Gasteiger partial charge in [0.15, 0.2) is 0 Å². The molecule has 0 N–H and O–H groups in total. The van der Waals surface area contributed by atoms with Crippen LogP contribution in [-0.2, 0) is 4.79 Å². The second-order valence-corrected chi connectivity index (χ2v) is 9.49. The molecule has 0 aliphatic carbocycles. The molecule has 0 atom stereocenters. The summed E-state index contributed by atoms with van der Waals surface area (Å²) in [5.74, 6) is 0.303. The minimum atomic E-state index is -0.0115. The molecule has 5 rings (SSSR count). The van der Waals surface area contributed by atoms with Gasteiger partial charge in [-0.1, -0.05) is 42.0 Å². The lowest BCUT2D eigenvalue weighted by atomic mass is 9.93. The predicted octanol–water partition coefficient (Wildman–Crippen LogP) is 4.71. The molecule has 34 heavy (non-hydrogen) atoms. The van der Waals surface area contributed by atoms with Crippen molar-refractivity contribution >= 4 is 11.8 Å². The number of hydrogen-bond acceptors (Lipinski definition) is 3. The molecule has 176 valence electrons. The van der Waals surface area contributed by atoms with Gasteiger partial charge in [0, 0.05) is 43.9 Å². The lowest BCUT2D eigenvalue weighted by Gasteiger charge is -2.35. The van der Waals surface area contributed by atoms with Crippen molar-refractivity contribution in [3.8, 4) is 16.9 Å². The van der Waals surface area contributed by atoms with E-state index < -0.39 is 0 Å². The fraction of sp³-hybridized carbons (Fsp3) is 0.393. The van der Waals surface area contributed by atoms with E-state index in [1.165, 1.54) is 6.42 Å². The van der Waals surface area contributed by atoms with Crippen LogP contribution in [0.1, 0.15) is 48.0 Å². The lowest BCUT2D eigenvalue weighted by Crippen LogP contribution is -2.45. The first-order valence-corrected chi connectivity index (χ1v) is 12.4. The van der Waals surface area contributed by atoms with Gasteiger partial charge in [0.25, 0.3) is 5.91 Å². The van der Waals surface area contributed by atoms with Crippen LogP contribution in [0.2, 0.25) is 0 Å². The molecular formula is C28H32N4O2. The second-order valence-electron chi connectivity index (χ2n) is 9.49. The zero-order chi connectivity index (χ0) is 23.5. The number of rotatable bonds is 4. The number of aromatic nitrogens is 2. The van der Waals surface area contributed by atoms with Crippen LogP contribution in [0.25, 0.3) is 16.9 Å². The molecule has 2 fully saturated rings. The van der Waals surface area contributed by atoms with E-state index in [4.69, 9.17) is 5.10 Å². The van der Waals surface area contributed by atoms with Crippen molar-refractivity contribution < 1.29 is 9.59 Å². The quantitative estimate of drug-likeness (QED) is 0.571. The number of para-hydroxylation sites is 1. The van der Waals surface area contributed by atoms with Crippen LogP contribution in [0.3, 0.4) is 0 Å². The first kappa shape index (κ1) is 22.4. The first-order valence-electron chi connectivity index (χ1n) is 12.4. The Morgan fingerprint density at radius 3 is 2.29 bits per heavy atom. The highest BCUT2D eigenvalue weighted by Gasteiger charge is 2.32. The summed E-state index contributed by atoms with van der Waals surface area (Å²) in [5, 5.41) is 4.82. The van der Waals surface area contributed by atoms with Crippen LogP contribution >= 0.6 is 0 Å². The molecular weight excluding hydrogens is 424 g/mol. The van der Waals surface area contributed by atoms with Crippen LogP contribution in [0, 0.1) is 12.8 Å². The van der Waals surface area contributed by atoms with Crippen LogP contribution in [-0.4, -0.2) is 57.6 Å². The maximum Gasteiger partial charge on any atom is 0.257 e. The summed E-state index contributed by atoms with van der Waals surface area (Å²) >= 11 is 0. The summed E-state index contributed by atoms with van der Waals surface area (Å²) in [7, 11) is 0. The van der Waals surface area contributed by atoms with Crippen LogP contribution in [0.4, 0.5) is 0 Å². The smallest absolute Gasteiger partial charge is 0.257 e. The van der Waals surface area contributed by atoms with Gasteiger partial charge in [0.05, 0.1) is 11.3 Å². The van der Waals surface area contributed by atoms with Crippen molar-refractivity contribution in [3.63, 3.8) is 0 Å². The Balaban J connectivity index is 1.37. The molecule has 0 saturated carbocycles. The molecule has 0 spiro atoms. The Labute approximate surface area is 201 Å². The molecule has 2 saturated heterocycles. The van der Waals surface area contributed by atoms with Gasteiger partial charge >= 0.3 is 0 Å². The number of hydrogen-bond donors (Lipinski definition) is 0. The summed E-state index contributed by atoms with van der Waals surface area (Å²) in [4.78, 5) is 30.5. The predicted molar refractivity (Wildman–Crippen MR) is 133 cm³/mol. The topological polar surface area (TPSA) is 58.4 Å².